The number of rotatable bonds is 15. The molecular formula is C20H37NO3S2. The molecule has 1 rings (SSSR count). The first kappa shape index (κ1) is 23.4. The van der Waals surface area contributed by atoms with E-state index >= 15 is 0 Å². The summed E-state index contributed by atoms with van der Waals surface area (Å²) in [6.07, 6.45) is 18.8. The lowest BCUT2D eigenvalue weighted by molar-refractivity contribution is 0.285. The minimum Gasteiger partial charge on any atom is -0.471 e. The van der Waals surface area contributed by atoms with Gasteiger partial charge < -0.3 is 10.1 Å². The maximum Gasteiger partial charge on any atom is 0.257 e. The molecule has 0 aliphatic carbocycles. The molecule has 4 nitrogen and oxygen atoms in total. The highest BCUT2D eigenvalue weighted by Crippen LogP contribution is 2.12. The zero-order valence-electron chi connectivity index (χ0n) is 16.4. The van der Waals surface area contributed by atoms with Gasteiger partial charge in [0.1, 0.15) is 0 Å². The molecule has 1 N–H and O–H groups in total. The smallest absolute Gasteiger partial charge is 0.257 e. The molecule has 0 spiro atoms. The van der Waals surface area contributed by atoms with E-state index in [0.29, 0.717) is 11.8 Å². The fourth-order valence-corrected chi connectivity index (χ4v) is 4.61. The number of sulfone groups is 1. The summed E-state index contributed by atoms with van der Waals surface area (Å²) >= 11 is 5.10. The molecule has 1 unspecified atom stereocenters. The van der Waals surface area contributed by atoms with Crippen LogP contribution in [0.3, 0.4) is 0 Å². The van der Waals surface area contributed by atoms with Crippen molar-refractivity contribution in [1.82, 2.24) is 5.32 Å². The Morgan fingerprint density at radius 1 is 0.962 bits per heavy atom. The Hall–Kier alpha value is -0.620. The van der Waals surface area contributed by atoms with Crippen molar-refractivity contribution in [3.63, 3.8) is 0 Å². The molecule has 0 aromatic rings. The highest BCUT2D eigenvalue weighted by molar-refractivity contribution is 7.94. The van der Waals surface area contributed by atoms with Crippen LogP contribution in [0.1, 0.15) is 90.4 Å². The molecule has 0 radical (unpaired) electrons. The topological polar surface area (TPSA) is 55.4 Å². The summed E-state index contributed by atoms with van der Waals surface area (Å²) in [6, 6.07) is -0.251. The standard InChI is InChI=1S/C20H37NO3S2/c1-2-3-4-5-6-7-8-9-10-11-12-13-14-16-24-20(25)21-19-15-17-26(22,23)18-19/h15,17,19H,2-14,16,18H2,1H3,(H,21,25). The lowest BCUT2D eigenvalue weighted by atomic mass is 10.0. The second-order valence-corrected chi connectivity index (χ2v) is 9.59. The highest BCUT2D eigenvalue weighted by Gasteiger charge is 2.22. The summed E-state index contributed by atoms with van der Waals surface area (Å²) in [5, 5.41) is 4.46. The Balaban J connectivity index is 1.81. The summed E-state index contributed by atoms with van der Waals surface area (Å²) in [7, 11) is -3.05. The van der Waals surface area contributed by atoms with Crippen LogP contribution in [0.25, 0.3) is 0 Å². The number of hydrogen-bond acceptors (Lipinski definition) is 4. The van der Waals surface area contributed by atoms with Crippen LogP contribution in [-0.4, -0.2) is 32.0 Å². The summed E-state index contributed by atoms with van der Waals surface area (Å²) in [6.45, 7) is 2.87. The highest BCUT2D eigenvalue weighted by atomic mass is 32.2. The molecule has 0 fully saturated rings. The second-order valence-electron chi connectivity index (χ2n) is 7.29. The number of thiocarbonyl (C=S) groups is 1. The van der Waals surface area contributed by atoms with Gasteiger partial charge in [0.15, 0.2) is 9.84 Å². The summed E-state index contributed by atoms with van der Waals surface area (Å²) < 4.78 is 28.1. The third-order valence-electron chi connectivity index (χ3n) is 4.71. The Bertz CT molecular complexity index is 503. The van der Waals surface area contributed by atoms with Gasteiger partial charge in [-0.15, -0.1) is 0 Å². The summed E-state index contributed by atoms with van der Waals surface area (Å²) in [5.74, 6) is 0.0647. The molecule has 0 amide bonds. The molecule has 0 aromatic carbocycles. The summed E-state index contributed by atoms with van der Waals surface area (Å²) in [5.41, 5.74) is 0. The van der Waals surface area contributed by atoms with E-state index in [-0.39, 0.29) is 11.8 Å². The minimum atomic E-state index is -3.05. The van der Waals surface area contributed by atoms with Crippen LogP contribution in [0.15, 0.2) is 11.5 Å². The third kappa shape index (κ3) is 12.7. The monoisotopic (exact) mass is 403 g/mol. The molecule has 1 aliphatic rings. The van der Waals surface area contributed by atoms with Gasteiger partial charge in [-0.05, 0) is 24.7 Å². The maximum atomic E-state index is 11.3. The molecule has 0 bridgehead atoms. The Labute approximate surface area is 166 Å². The predicted octanol–water partition coefficient (Wildman–Crippen LogP) is 5.28. The third-order valence-corrected chi connectivity index (χ3v) is 6.35. The van der Waals surface area contributed by atoms with Crippen LogP contribution >= 0.6 is 12.2 Å². The SMILES string of the molecule is CCCCCCCCCCCCCCCOC(=S)NC1C=CS(=O)(=O)C1. The van der Waals surface area contributed by atoms with E-state index in [2.05, 4.69) is 12.2 Å². The molecule has 1 aliphatic heterocycles. The van der Waals surface area contributed by atoms with Crippen LogP contribution in [0.2, 0.25) is 0 Å². The van der Waals surface area contributed by atoms with E-state index in [1.807, 2.05) is 0 Å². The largest absolute Gasteiger partial charge is 0.471 e. The molecule has 0 saturated heterocycles. The maximum absolute atomic E-state index is 11.3. The van der Waals surface area contributed by atoms with Crippen LogP contribution in [0.5, 0.6) is 0 Å². The van der Waals surface area contributed by atoms with E-state index in [1.165, 1.54) is 76.0 Å². The van der Waals surface area contributed by atoms with E-state index in [4.69, 9.17) is 17.0 Å². The van der Waals surface area contributed by atoms with Crippen LogP contribution in [0.4, 0.5) is 0 Å². The Kier molecular flexibility index (Phi) is 13.0. The van der Waals surface area contributed by atoms with Crippen LogP contribution < -0.4 is 5.32 Å². The lowest BCUT2D eigenvalue weighted by Crippen LogP contribution is -2.35. The van der Waals surface area contributed by atoms with E-state index in [1.54, 1.807) is 6.08 Å². The summed E-state index contributed by atoms with van der Waals surface area (Å²) in [4.78, 5) is 0. The minimum absolute atomic E-state index is 0.0647. The van der Waals surface area contributed by atoms with Crippen molar-refractivity contribution < 1.29 is 13.2 Å². The fraction of sp³-hybridized carbons (Fsp3) is 0.850. The molecule has 26 heavy (non-hydrogen) atoms. The molecule has 1 heterocycles. The fourth-order valence-electron chi connectivity index (χ4n) is 3.14. The first-order valence-electron chi connectivity index (χ1n) is 10.4. The first-order chi connectivity index (χ1) is 12.5. The Morgan fingerprint density at radius 2 is 1.46 bits per heavy atom. The zero-order chi connectivity index (χ0) is 19.1. The van der Waals surface area contributed by atoms with E-state index in [9.17, 15) is 8.42 Å². The van der Waals surface area contributed by atoms with E-state index < -0.39 is 9.84 Å². The van der Waals surface area contributed by atoms with Crippen molar-refractivity contribution in [3.05, 3.63) is 11.5 Å². The molecule has 6 heteroatoms. The number of ether oxygens (including phenoxy) is 1. The van der Waals surface area contributed by atoms with Crippen molar-refractivity contribution in [1.29, 1.82) is 0 Å². The van der Waals surface area contributed by atoms with Gasteiger partial charge >= 0.3 is 0 Å². The lowest BCUT2D eigenvalue weighted by Gasteiger charge is -2.13. The van der Waals surface area contributed by atoms with Gasteiger partial charge in [0, 0.05) is 5.41 Å². The van der Waals surface area contributed by atoms with Gasteiger partial charge in [0.25, 0.3) is 5.17 Å². The average molecular weight is 404 g/mol. The number of hydrogen-bond donors (Lipinski definition) is 1. The van der Waals surface area contributed by atoms with Gasteiger partial charge in [0.05, 0.1) is 18.4 Å². The van der Waals surface area contributed by atoms with Crippen molar-refractivity contribution >= 4 is 27.2 Å². The second kappa shape index (κ2) is 14.4. The van der Waals surface area contributed by atoms with Crippen LogP contribution in [0, 0.1) is 0 Å². The van der Waals surface area contributed by atoms with Gasteiger partial charge in [-0.2, -0.15) is 0 Å². The quantitative estimate of drug-likeness (QED) is 0.298. The average Bonchev–Trinajstić information content (AvgIpc) is 2.93. The zero-order valence-corrected chi connectivity index (χ0v) is 18.0. The molecule has 0 aromatic heterocycles. The molecular weight excluding hydrogens is 366 g/mol. The van der Waals surface area contributed by atoms with Gasteiger partial charge in [-0.3, -0.25) is 0 Å². The normalized spacial score (nSPS) is 18.1. The van der Waals surface area contributed by atoms with Crippen molar-refractivity contribution in [2.75, 3.05) is 12.4 Å². The molecule has 152 valence electrons. The molecule has 0 saturated carbocycles. The molecule has 1 atom stereocenters. The van der Waals surface area contributed by atoms with Crippen molar-refractivity contribution in [2.45, 2.75) is 96.4 Å². The van der Waals surface area contributed by atoms with Crippen molar-refractivity contribution in [3.8, 4) is 0 Å². The number of nitrogens with one attached hydrogen (secondary N) is 1. The van der Waals surface area contributed by atoms with Gasteiger partial charge in [-0.25, -0.2) is 8.42 Å². The van der Waals surface area contributed by atoms with E-state index in [0.717, 1.165) is 12.8 Å². The van der Waals surface area contributed by atoms with Crippen LogP contribution in [-0.2, 0) is 14.6 Å². The first-order valence-corrected chi connectivity index (χ1v) is 12.5. The predicted molar refractivity (Wildman–Crippen MR) is 114 cm³/mol. The Morgan fingerprint density at radius 3 is 1.92 bits per heavy atom. The van der Waals surface area contributed by atoms with Crippen molar-refractivity contribution in [2.24, 2.45) is 0 Å². The number of unbranched alkanes of at least 4 members (excludes halogenated alkanes) is 12. The van der Waals surface area contributed by atoms with Gasteiger partial charge in [-0.1, -0.05) is 84.0 Å². The van der Waals surface area contributed by atoms with Gasteiger partial charge in [0.2, 0.25) is 0 Å².